The summed E-state index contributed by atoms with van der Waals surface area (Å²) in [5, 5.41) is 7.33. The van der Waals surface area contributed by atoms with Gasteiger partial charge in [0.2, 0.25) is 5.91 Å². The molecule has 3 aromatic carbocycles. The van der Waals surface area contributed by atoms with E-state index in [0.29, 0.717) is 16.8 Å². The topological polar surface area (TPSA) is 71.3 Å². The quantitative estimate of drug-likeness (QED) is 0.469. The highest BCUT2D eigenvalue weighted by Gasteiger charge is 2.28. The fraction of sp³-hybridized carbons (Fsp3) is 0.130. The SMILES string of the molecule is O=C(Cc1coc2ccc3ccccc3c12)Nc1cccc(C(=O)NCC(F)(F)F)c1. The molecular formula is C23H17F3N2O3. The zero-order chi connectivity index (χ0) is 22.0. The first kappa shape index (κ1) is 20.5. The van der Waals surface area contributed by atoms with Crippen LogP contribution in [0.3, 0.4) is 0 Å². The van der Waals surface area contributed by atoms with Gasteiger partial charge in [0.1, 0.15) is 12.1 Å². The van der Waals surface area contributed by atoms with Gasteiger partial charge < -0.3 is 15.1 Å². The van der Waals surface area contributed by atoms with E-state index in [-0.39, 0.29) is 17.9 Å². The van der Waals surface area contributed by atoms with Crippen LogP contribution in [0.1, 0.15) is 15.9 Å². The zero-order valence-corrected chi connectivity index (χ0v) is 16.1. The normalized spacial score (nSPS) is 11.6. The number of nitrogens with one attached hydrogen (secondary N) is 2. The van der Waals surface area contributed by atoms with Crippen LogP contribution in [0.25, 0.3) is 21.7 Å². The van der Waals surface area contributed by atoms with E-state index >= 15 is 0 Å². The Labute approximate surface area is 174 Å². The van der Waals surface area contributed by atoms with Crippen molar-refractivity contribution in [3.63, 3.8) is 0 Å². The van der Waals surface area contributed by atoms with E-state index in [0.717, 1.165) is 16.2 Å². The van der Waals surface area contributed by atoms with Crippen molar-refractivity contribution in [1.82, 2.24) is 5.32 Å². The highest BCUT2D eigenvalue weighted by Crippen LogP contribution is 2.30. The molecule has 5 nitrogen and oxygen atoms in total. The largest absolute Gasteiger partial charge is 0.464 e. The summed E-state index contributed by atoms with van der Waals surface area (Å²) in [6.45, 7) is -1.43. The van der Waals surface area contributed by atoms with E-state index in [1.165, 1.54) is 24.5 Å². The molecule has 0 bridgehead atoms. The van der Waals surface area contributed by atoms with Crippen molar-refractivity contribution in [2.45, 2.75) is 12.6 Å². The number of hydrogen-bond acceptors (Lipinski definition) is 3. The van der Waals surface area contributed by atoms with Gasteiger partial charge in [0, 0.05) is 22.2 Å². The minimum Gasteiger partial charge on any atom is -0.464 e. The van der Waals surface area contributed by atoms with E-state index in [1.54, 1.807) is 11.4 Å². The Morgan fingerprint density at radius 3 is 2.58 bits per heavy atom. The van der Waals surface area contributed by atoms with Gasteiger partial charge in [-0.25, -0.2) is 0 Å². The molecule has 8 heteroatoms. The molecule has 0 unspecified atom stereocenters. The number of halogens is 3. The van der Waals surface area contributed by atoms with Crippen LogP contribution in [0.4, 0.5) is 18.9 Å². The van der Waals surface area contributed by atoms with Crippen molar-refractivity contribution in [3.05, 3.63) is 78.1 Å². The van der Waals surface area contributed by atoms with Crippen LogP contribution in [0.2, 0.25) is 0 Å². The average Bonchev–Trinajstić information content (AvgIpc) is 3.14. The molecule has 0 atom stereocenters. The monoisotopic (exact) mass is 426 g/mol. The molecule has 0 aliphatic rings. The number of alkyl halides is 3. The van der Waals surface area contributed by atoms with E-state index in [2.05, 4.69) is 5.32 Å². The number of carbonyl (C=O) groups is 2. The number of fused-ring (bicyclic) bond motifs is 3. The van der Waals surface area contributed by atoms with Gasteiger partial charge in [0.05, 0.1) is 12.7 Å². The van der Waals surface area contributed by atoms with Crippen molar-refractivity contribution < 1.29 is 27.2 Å². The first-order valence-electron chi connectivity index (χ1n) is 9.43. The lowest BCUT2D eigenvalue weighted by Crippen LogP contribution is -2.33. The summed E-state index contributed by atoms with van der Waals surface area (Å²) in [7, 11) is 0. The fourth-order valence-electron chi connectivity index (χ4n) is 3.40. The van der Waals surface area contributed by atoms with E-state index in [4.69, 9.17) is 4.42 Å². The van der Waals surface area contributed by atoms with E-state index < -0.39 is 18.6 Å². The second kappa shape index (κ2) is 8.14. The second-order valence-corrected chi connectivity index (χ2v) is 7.02. The lowest BCUT2D eigenvalue weighted by atomic mass is 10.0. The number of hydrogen-bond donors (Lipinski definition) is 2. The summed E-state index contributed by atoms with van der Waals surface area (Å²) in [4.78, 5) is 24.5. The number of rotatable bonds is 5. The third-order valence-corrected chi connectivity index (χ3v) is 4.75. The molecule has 0 saturated carbocycles. The Balaban J connectivity index is 1.50. The summed E-state index contributed by atoms with van der Waals surface area (Å²) in [5.41, 5.74) is 1.71. The molecule has 4 aromatic rings. The van der Waals surface area contributed by atoms with Gasteiger partial charge in [-0.2, -0.15) is 13.2 Å². The third-order valence-electron chi connectivity index (χ3n) is 4.75. The Kier molecular flexibility index (Phi) is 5.37. The predicted molar refractivity (Wildman–Crippen MR) is 111 cm³/mol. The van der Waals surface area contributed by atoms with Gasteiger partial charge in [-0.1, -0.05) is 36.4 Å². The first-order chi connectivity index (χ1) is 14.8. The lowest BCUT2D eigenvalue weighted by Gasteiger charge is -2.10. The Morgan fingerprint density at radius 2 is 1.77 bits per heavy atom. The van der Waals surface area contributed by atoms with Crippen molar-refractivity contribution in [3.8, 4) is 0 Å². The second-order valence-electron chi connectivity index (χ2n) is 7.02. The highest BCUT2D eigenvalue weighted by atomic mass is 19.4. The number of furan rings is 1. The zero-order valence-electron chi connectivity index (χ0n) is 16.1. The lowest BCUT2D eigenvalue weighted by molar-refractivity contribution is -0.123. The minimum atomic E-state index is -4.50. The number of carbonyl (C=O) groups excluding carboxylic acids is 2. The molecule has 0 aliphatic heterocycles. The molecule has 0 radical (unpaired) electrons. The maximum absolute atomic E-state index is 12.6. The van der Waals surface area contributed by atoms with Gasteiger partial charge in [-0.05, 0) is 35.0 Å². The summed E-state index contributed by atoms with van der Waals surface area (Å²) in [6, 6.07) is 17.3. The van der Waals surface area contributed by atoms with Crippen molar-refractivity contribution in [1.29, 1.82) is 0 Å². The van der Waals surface area contributed by atoms with Gasteiger partial charge >= 0.3 is 6.18 Å². The molecule has 2 amide bonds. The van der Waals surface area contributed by atoms with Crippen LogP contribution in [0, 0.1) is 0 Å². The molecule has 1 aromatic heterocycles. The van der Waals surface area contributed by atoms with Crippen LogP contribution >= 0.6 is 0 Å². The maximum atomic E-state index is 12.6. The summed E-state index contributed by atoms with van der Waals surface area (Å²) in [5.74, 6) is -1.22. The molecule has 158 valence electrons. The van der Waals surface area contributed by atoms with E-state index in [9.17, 15) is 22.8 Å². The third kappa shape index (κ3) is 4.69. The first-order valence-corrected chi connectivity index (χ1v) is 9.43. The molecule has 0 aliphatic carbocycles. The predicted octanol–water partition coefficient (Wildman–Crippen LogP) is 5.06. The molecule has 0 fully saturated rings. The standard InChI is InChI=1S/C23H17F3N2O3/c24-23(25,26)13-27-22(30)15-5-3-6-17(10-15)28-20(29)11-16-12-31-19-9-8-14-4-1-2-7-18(14)21(16)19/h1-10,12H,11,13H2,(H,27,30)(H,28,29). The van der Waals surface area contributed by atoms with Gasteiger partial charge in [-0.3, -0.25) is 9.59 Å². The smallest absolute Gasteiger partial charge is 0.405 e. The Bertz CT molecular complexity index is 1280. The molecular weight excluding hydrogens is 409 g/mol. The van der Waals surface area contributed by atoms with Gasteiger partial charge in [0.15, 0.2) is 0 Å². The summed E-state index contributed by atoms with van der Waals surface area (Å²) >= 11 is 0. The van der Waals surface area contributed by atoms with Gasteiger partial charge in [0.25, 0.3) is 5.91 Å². The Morgan fingerprint density at radius 1 is 0.968 bits per heavy atom. The van der Waals surface area contributed by atoms with Crippen LogP contribution in [0.15, 0.2) is 71.3 Å². The molecule has 0 saturated heterocycles. The number of anilines is 1. The Hall–Kier alpha value is -3.81. The van der Waals surface area contributed by atoms with Crippen LogP contribution < -0.4 is 10.6 Å². The minimum absolute atomic E-state index is 0.0156. The van der Waals surface area contributed by atoms with Crippen molar-refractivity contribution in [2.24, 2.45) is 0 Å². The molecule has 4 rings (SSSR count). The highest BCUT2D eigenvalue weighted by molar-refractivity contribution is 6.09. The summed E-state index contributed by atoms with van der Waals surface area (Å²) < 4.78 is 42.5. The maximum Gasteiger partial charge on any atom is 0.405 e. The van der Waals surface area contributed by atoms with Crippen molar-refractivity contribution in [2.75, 3.05) is 11.9 Å². The van der Waals surface area contributed by atoms with E-state index in [1.807, 2.05) is 36.4 Å². The van der Waals surface area contributed by atoms with Crippen molar-refractivity contribution >= 4 is 39.2 Å². The fourth-order valence-corrected chi connectivity index (χ4v) is 3.40. The number of amides is 2. The number of benzene rings is 3. The molecule has 31 heavy (non-hydrogen) atoms. The van der Waals surface area contributed by atoms with Crippen LogP contribution in [-0.2, 0) is 11.2 Å². The summed E-state index contributed by atoms with van der Waals surface area (Å²) in [6.07, 6.45) is -2.93. The molecule has 0 spiro atoms. The molecule has 1 heterocycles. The van der Waals surface area contributed by atoms with Crippen LogP contribution in [-0.4, -0.2) is 24.5 Å². The average molecular weight is 426 g/mol. The van der Waals surface area contributed by atoms with Crippen LogP contribution in [0.5, 0.6) is 0 Å². The van der Waals surface area contributed by atoms with Gasteiger partial charge in [-0.15, -0.1) is 0 Å². The molecule has 2 N–H and O–H groups in total.